The summed E-state index contributed by atoms with van der Waals surface area (Å²) < 4.78 is 12.2. The number of aromatic amines is 1. The Bertz CT molecular complexity index is 1610. The smallest absolute Gasteiger partial charge is 0.240 e. The van der Waals surface area contributed by atoms with Crippen LogP contribution in [0.25, 0.3) is 21.8 Å². The number of hydrogen-bond donors (Lipinski definition) is 4. The molecule has 0 radical (unpaired) electrons. The van der Waals surface area contributed by atoms with Crippen molar-refractivity contribution in [3.63, 3.8) is 0 Å². The lowest BCUT2D eigenvalue weighted by atomic mass is 10.0. The van der Waals surface area contributed by atoms with Gasteiger partial charge in [-0.1, -0.05) is 29.8 Å². The van der Waals surface area contributed by atoms with Crippen LogP contribution in [0, 0.1) is 0 Å². The number of H-pyrrole nitrogens is 1. The molecule has 222 valence electrons. The summed E-state index contributed by atoms with van der Waals surface area (Å²) in [5.41, 5.74) is 7.08. The summed E-state index contributed by atoms with van der Waals surface area (Å²) in [7, 11) is 2.02. The van der Waals surface area contributed by atoms with E-state index in [-0.39, 0.29) is 18.1 Å². The van der Waals surface area contributed by atoms with E-state index in [9.17, 15) is 9.90 Å². The Morgan fingerprint density at radius 3 is 2.62 bits per heavy atom. The van der Waals surface area contributed by atoms with Crippen LogP contribution in [0.5, 0.6) is 11.5 Å². The van der Waals surface area contributed by atoms with Gasteiger partial charge in [-0.2, -0.15) is 5.10 Å². The molecule has 5 rings (SSSR count). The molecule has 1 amide bonds. The lowest BCUT2D eigenvalue weighted by molar-refractivity contribution is -0.121. The van der Waals surface area contributed by atoms with Crippen LogP contribution >= 0.6 is 11.6 Å². The molecule has 1 unspecified atom stereocenters. The molecule has 9 nitrogen and oxygen atoms in total. The first-order chi connectivity index (χ1) is 20.1. The number of anilines is 1. The van der Waals surface area contributed by atoms with Gasteiger partial charge in [-0.05, 0) is 62.7 Å². The molecular formula is C32H38ClN5O4. The average Bonchev–Trinajstić information content (AvgIpc) is 3.35. The Morgan fingerprint density at radius 1 is 1.10 bits per heavy atom. The Labute approximate surface area is 250 Å². The number of nitrogens with one attached hydrogen (secondary N) is 3. The number of rotatable bonds is 11. The summed E-state index contributed by atoms with van der Waals surface area (Å²) in [5, 5.41) is 20.5. The van der Waals surface area contributed by atoms with Gasteiger partial charge in [0.15, 0.2) is 0 Å². The molecule has 10 heteroatoms. The molecular weight excluding hydrogens is 554 g/mol. The third kappa shape index (κ3) is 6.98. The highest BCUT2D eigenvalue weighted by atomic mass is 35.5. The number of carbonyl (C=O) groups excluding carboxylic acids is 1. The van der Waals surface area contributed by atoms with Gasteiger partial charge >= 0.3 is 0 Å². The van der Waals surface area contributed by atoms with Gasteiger partial charge in [-0.25, -0.2) is 5.43 Å². The number of fused-ring (bicyclic) bond motifs is 3. The van der Waals surface area contributed by atoms with Crippen molar-refractivity contribution >= 4 is 50.7 Å². The molecule has 0 aliphatic carbocycles. The summed E-state index contributed by atoms with van der Waals surface area (Å²) in [4.78, 5) is 17.1. The van der Waals surface area contributed by atoms with Crippen LogP contribution in [-0.4, -0.2) is 66.7 Å². The molecule has 0 saturated heterocycles. The molecule has 0 fully saturated rings. The van der Waals surface area contributed by atoms with Crippen molar-refractivity contribution in [3.8, 4) is 11.5 Å². The number of aliphatic hydroxyl groups is 1. The fourth-order valence-corrected chi connectivity index (χ4v) is 5.15. The molecule has 1 aliphatic rings. The molecule has 4 aromatic rings. The van der Waals surface area contributed by atoms with Crippen LogP contribution in [0.2, 0.25) is 5.02 Å². The van der Waals surface area contributed by atoms with Gasteiger partial charge in [-0.3, -0.25) is 4.79 Å². The van der Waals surface area contributed by atoms with Gasteiger partial charge in [0.25, 0.3) is 0 Å². The first kappa shape index (κ1) is 29.7. The fourth-order valence-electron chi connectivity index (χ4n) is 4.91. The van der Waals surface area contributed by atoms with E-state index in [2.05, 4.69) is 52.6 Å². The van der Waals surface area contributed by atoms with Gasteiger partial charge in [-0.15, -0.1) is 0 Å². The van der Waals surface area contributed by atoms with E-state index >= 15 is 0 Å². The molecule has 4 N–H and O–H groups in total. The summed E-state index contributed by atoms with van der Waals surface area (Å²) >= 11 is 6.52. The van der Waals surface area contributed by atoms with Gasteiger partial charge in [0.1, 0.15) is 30.8 Å². The van der Waals surface area contributed by atoms with Crippen molar-refractivity contribution in [1.82, 2.24) is 15.7 Å². The standard InChI is InChI=1S/C32H38ClN5O4/c1-32(2,3)34-18-21(39)19-42-28-13-11-26(31-30(28)22-7-5-6-8-25(22)35-31)38(4)15-16-41-27-12-9-20(17-23(27)33)24-10-14-29(40)37-36-24/h5-9,11-13,17,21,34-35,39H,10,14-16,18-19H2,1-4H3,(H,37,40). The van der Waals surface area contributed by atoms with E-state index < -0.39 is 6.10 Å². The molecule has 3 aromatic carbocycles. The Balaban J connectivity index is 1.28. The maximum atomic E-state index is 11.4. The zero-order chi connectivity index (χ0) is 29.9. The molecule has 0 spiro atoms. The summed E-state index contributed by atoms with van der Waals surface area (Å²) in [6, 6.07) is 17.7. The number of aliphatic hydroxyl groups excluding tert-OH is 1. The lowest BCUT2D eigenvalue weighted by Gasteiger charge is -2.23. The third-order valence-corrected chi connectivity index (χ3v) is 7.46. The van der Waals surface area contributed by atoms with Gasteiger partial charge in [0.05, 0.1) is 33.9 Å². The number of amides is 1. The highest BCUT2D eigenvalue weighted by Gasteiger charge is 2.19. The van der Waals surface area contributed by atoms with Crippen LogP contribution in [0.4, 0.5) is 5.69 Å². The van der Waals surface area contributed by atoms with Crippen molar-refractivity contribution in [2.75, 3.05) is 38.3 Å². The zero-order valence-electron chi connectivity index (χ0n) is 24.5. The molecule has 42 heavy (non-hydrogen) atoms. The van der Waals surface area contributed by atoms with Crippen LogP contribution in [0.15, 0.2) is 59.7 Å². The van der Waals surface area contributed by atoms with E-state index in [1.165, 1.54) is 0 Å². The van der Waals surface area contributed by atoms with Gasteiger partial charge in [0, 0.05) is 42.9 Å². The van der Waals surface area contributed by atoms with E-state index in [1.807, 2.05) is 55.6 Å². The highest BCUT2D eigenvalue weighted by Crippen LogP contribution is 2.38. The van der Waals surface area contributed by atoms with Crippen molar-refractivity contribution in [1.29, 1.82) is 0 Å². The number of halogens is 1. The van der Waals surface area contributed by atoms with E-state index in [0.717, 1.165) is 44.5 Å². The maximum absolute atomic E-state index is 11.4. The van der Waals surface area contributed by atoms with Gasteiger partial charge < -0.3 is 29.8 Å². The SMILES string of the molecule is CN(CCOc1ccc(C2=NNC(=O)CC2)cc1Cl)c1ccc(OCC(O)CNC(C)(C)C)c2c1[nH]c1ccccc12. The zero-order valence-corrected chi connectivity index (χ0v) is 25.2. The van der Waals surface area contributed by atoms with Crippen LogP contribution in [0.1, 0.15) is 39.2 Å². The summed E-state index contributed by atoms with van der Waals surface area (Å²) in [6.45, 7) is 7.85. The van der Waals surface area contributed by atoms with Gasteiger partial charge in [0.2, 0.25) is 5.91 Å². The summed E-state index contributed by atoms with van der Waals surface area (Å²) in [6.07, 6.45) is 0.351. The molecule has 1 aromatic heterocycles. The van der Waals surface area contributed by atoms with E-state index in [1.54, 1.807) is 0 Å². The second kappa shape index (κ2) is 12.6. The monoisotopic (exact) mass is 591 g/mol. The molecule has 0 bridgehead atoms. The third-order valence-electron chi connectivity index (χ3n) is 7.17. The second-order valence-electron chi connectivity index (χ2n) is 11.6. The predicted molar refractivity (Wildman–Crippen MR) is 169 cm³/mol. The molecule has 2 heterocycles. The molecule has 1 atom stereocenters. The minimum Gasteiger partial charge on any atom is -0.490 e. The second-order valence-corrected chi connectivity index (χ2v) is 12.0. The number of para-hydroxylation sites is 1. The Morgan fingerprint density at radius 2 is 1.88 bits per heavy atom. The Hall–Kier alpha value is -3.79. The number of nitrogens with zero attached hydrogens (tertiary/aromatic N) is 2. The number of aromatic nitrogens is 1. The quantitative estimate of drug-likeness (QED) is 0.190. The van der Waals surface area contributed by atoms with Crippen molar-refractivity contribution < 1.29 is 19.4 Å². The number of carbonyl (C=O) groups is 1. The minimum atomic E-state index is -0.638. The van der Waals surface area contributed by atoms with Crippen LogP contribution in [-0.2, 0) is 4.79 Å². The number of β-amino-alcohol motifs (C(OH)–C–C–N with tert-alkyl or cyclic N) is 1. The number of hydrazone groups is 1. The number of ether oxygens (including phenoxy) is 2. The first-order valence-electron chi connectivity index (χ1n) is 14.2. The molecule has 0 saturated carbocycles. The largest absolute Gasteiger partial charge is 0.490 e. The topological polar surface area (TPSA) is 111 Å². The average molecular weight is 592 g/mol. The van der Waals surface area contributed by atoms with Crippen LogP contribution < -0.4 is 25.1 Å². The van der Waals surface area contributed by atoms with E-state index in [4.69, 9.17) is 21.1 Å². The minimum absolute atomic E-state index is 0.0798. The predicted octanol–water partition coefficient (Wildman–Crippen LogP) is 5.23. The van der Waals surface area contributed by atoms with Crippen molar-refractivity contribution in [3.05, 3.63) is 65.2 Å². The normalized spacial score (nSPS) is 14.5. The van der Waals surface area contributed by atoms with Crippen molar-refractivity contribution in [2.24, 2.45) is 5.10 Å². The number of hydrogen-bond acceptors (Lipinski definition) is 7. The van der Waals surface area contributed by atoms with E-state index in [0.29, 0.717) is 43.3 Å². The summed E-state index contributed by atoms with van der Waals surface area (Å²) in [5.74, 6) is 1.23. The number of benzene rings is 3. The first-order valence-corrected chi connectivity index (χ1v) is 14.6. The fraction of sp³-hybridized carbons (Fsp3) is 0.375. The molecule has 1 aliphatic heterocycles. The number of likely N-dealkylation sites (N-methyl/N-ethyl adjacent to an activating group) is 1. The maximum Gasteiger partial charge on any atom is 0.240 e. The Kier molecular flexibility index (Phi) is 8.91. The van der Waals surface area contributed by atoms with Crippen molar-refractivity contribution in [2.45, 2.75) is 45.3 Å². The highest BCUT2D eigenvalue weighted by molar-refractivity contribution is 6.32. The lowest BCUT2D eigenvalue weighted by Crippen LogP contribution is -2.42. The van der Waals surface area contributed by atoms with Crippen LogP contribution in [0.3, 0.4) is 0 Å².